The summed E-state index contributed by atoms with van der Waals surface area (Å²) in [6, 6.07) is 0. The van der Waals surface area contributed by atoms with Gasteiger partial charge in [0, 0.05) is 0 Å². The predicted molar refractivity (Wildman–Crippen MR) is 77.2 cm³/mol. The fourth-order valence-electron chi connectivity index (χ4n) is 2.29. The minimum absolute atomic E-state index is 0.108. The van der Waals surface area contributed by atoms with Crippen molar-refractivity contribution in [2.75, 3.05) is 6.61 Å². The Morgan fingerprint density at radius 1 is 1.15 bits per heavy atom. The van der Waals surface area contributed by atoms with E-state index in [0.29, 0.717) is 6.42 Å². The van der Waals surface area contributed by atoms with Crippen molar-refractivity contribution >= 4 is 11.9 Å². The molecule has 0 spiro atoms. The van der Waals surface area contributed by atoms with Crippen LogP contribution in [0.3, 0.4) is 0 Å². The van der Waals surface area contributed by atoms with E-state index in [2.05, 4.69) is 0 Å². The van der Waals surface area contributed by atoms with Crippen LogP contribution in [0.25, 0.3) is 0 Å². The zero-order chi connectivity index (χ0) is 15.2. The first-order valence-electron chi connectivity index (χ1n) is 7.68. The number of hydrogen-bond donors (Lipinski definition) is 0. The summed E-state index contributed by atoms with van der Waals surface area (Å²) in [6.07, 6.45) is 6.17. The zero-order valence-electron chi connectivity index (χ0n) is 13.3. The van der Waals surface area contributed by atoms with Gasteiger partial charge in [0.05, 0.1) is 11.8 Å². The van der Waals surface area contributed by atoms with Gasteiger partial charge in [0.1, 0.15) is 12.2 Å². The molecule has 0 atom stereocenters. The smallest absolute Gasteiger partial charge is 0.311 e. The van der Waals surface area contributed by atoms with Crippen molar-refractivity contribution in [3.63, 3.8) is 0 Å². The molecule has 4 nitrogen and oxygen atoms in total. The van der Waals surface area contributed by atoms with Gasteiger partial charge in [-0.25, -0.2) is 0 Å². The number of ether oxygens (including phenoxy) is 2. The van der Waals surface area contributed by atoms with E-state index < -0.39 is 5.41 Å². The summed E-state index contributed by atoms with van der Waals surface area (Å²) in [5.41, 5.74) is -0.804. The van der Waals surface area contributed by atoms with E-state index in [1.807, 2.05) is 27.7 Å². The maximum Gasteiger partial charge on any atom is 0.311 e. The maximum atomic E-state index is 11.8. The summed E-state index contributed by atoms with van der Waals surface area (Å²) in [5, 5.41) is 0. The first kappa shape index (κ1) is 17.0. The molecule has 1 rings (SSSR count). The van der Waals surface area contributed by atoms with Gasteiger partial charge in [-0.1, -0.05) is 13.3 Å². The highest BCUT2D eigenvalue weighted by atomic mass is 16.6. The summed E-state index contributed by atoms with van der Waals surface area (Å²) in [5.74, 6) is -0.520. The summed E-state index contributed by atoms with van der Waals surface area (Å²) >= 11 is 0. The second-order valence-electron chi connectivity index (χ2n) is 6.61. The van der Waals surface area contributed by atoms with Crippen molar-refractivity contribution < 1.29 is 19.1 Å². The summed E-state index contributed by atoms with van der Waals surface area (Å²) < 4.78 is 10.7. The molecule has 20 heavy (non-hydrogen) atoms. The third kappa shape index (κ3) is 5.14. The van der Waals surface area contributed by atoms with Crippen molar-refractivity contribution in [1.82, 2.24) is 0 Å². The van der Waals surface area contributed by atoms with Gasteiger partial charge < -0.3 is 9.47 Å². The Morgan fingerprint density at radius 2 is 1.75 bits per heavy atom. The van der Waals surface area contributed by atoms with Gasteiger partial charge in [-0.3, -0.25) is 9.59 Å². The predicted octanol–water partition coefficient (Wildman–Crippen LogP) is 3.62. The van der Waals surface area contributed by atoms with E-state index in [0.717, 1.165) is 25.7 Å². The molecule has 4 heteroatoms. The molecule has 0 bridgehead atoms. The fourth-order valence-corrected chi connectivity index (χ4v) is 2.29. The first-order valence-corrected chi connectivity index (χ1v) is 7.68. The van der Waals surface area contributed by atoms with Crippen LogP contribution in [0.15, 0.2) is 0 Å². The molecule has 0 unspecified atom stereocenters. The topological polar surface area (TPSA) is 52.6 Å². The van der Waals surface area contributed by atoms with E-state index in [4.69, 9.17) is 9.47 Å². The highest BCUT2D eigenvalue weighted by Crippen LogP contribution is 2.31. The normalized spacial score (nSPS) is 18.4. The summed E-state index contributed by atoms with van der Waals surface area (Å²) in [4.78, 5) is 23.6. The van der Waals surface area contributed by atoms with Crippen molar-refractivity contribution in [2.45, 2.75) is 78.2 Å². The van der Waals surface area contributed by atoms with Crippen LogP contribution in [0, 0.1) is 5.41 Å². The molecule has 0 aromatic heterocycles. The molecular weight excluding hydrogens is 256 g/mol. The van der Waals surface area contributed by atoms with Crippen LogP contribution in [0.5, 0.6) is 0 Å². The van der Waals surface area contributed by atoms with Crippen LogP contribution in [0.4, 0.5) is 0 Å². The van der Waals surface area contributed by atoms with E-state index in [1.165, 1.54) is 6.42 Å². The number of rotatable bonds is 6. The van der Waals surface area contributed by atoms with Crippen molar-refractivity contribution in [1.29, 1.82) is 0 Å². The molecule has 1 aliphatic rings. The lowest BCUT2D eigenvalue weighted by atomic mass is 9.86. The largest absolute Gasteiger partial charge is 0.465 e. The van der Waals surface area contributed by atoms with Gasteiger partial charge in [-0.15, -0.1) is 0 Å². The zero-order valence-corrected chi connectivity index (χ0v) is 13.3. The number of hydrogen-bond acceptors (Lipinski definition) is 4. The average Bonchev–Trinajstić information content (AvgIpc) is 2.38. The second kappa shape index (κ2) is 7.09. The molecule has 0 heterocycles. The van der Waals surface area contributed by atoms with Gasteiger partial charge in [0.25, 0.3) is 0 Å². The molecule has 0 amide bonds. The average molecular weight is 284 g/mol. The molecule has 0 N–H and O–H groups in total. The Bertz CT molecular complexity index is 340. The first-order chi connectivity index (χ1) is 9.29. The molecule has 116 valence electrons. The van der Waals surface area contributed by atoms with Gasteiger partial charge in [0.15, 0.2) is 0 Å². The molecule has 1 fully saturated rings. The van der Waals surface area contributed by atoms with Crippen LogP contribution in [-0.2, 0) is 19.1 Å². The molecule has 1 saturated carbocycles. The number of carbonyl (C=O) groups is 2. The Hall–Kier alpha value is -1.06. The summed E-state index contributed by atoms with van der Waals surface area (Å²) in [6.45, 7) is 7.74. The lowest BCUT2D eigenvalue weighted by Gasteiger charge is -2.33. The fraction of sp³-hybridized carbons (Fsp3) is 0.875. The van der Waals surface area contributed by atoms with Crippen LogP contribution in [-0.4, -0.2) is 24.1 Å². The molecular formula is C16H28O4. The maximum absolute atomic E-state index is 11.8. The van der Waals surface area contributed by atoms with Crippen LogP contribution in [0.2, 0.25) is 0 Å². The third-order valence-electron chi connectivity index (χ3n) is 4.25. The van der Waals surface area contributed by atoms with E-state index in [-0.39, 0.29) is 30.6 Å². The SMILES string of the molecule is CCC(C)(C)C(=O)OCCC(=O)OC1(C)CCCCC1. The Balaban J connectivity index is 2.28. The lowest BCUT2D eigenvalue weighted by molar-refractivity contribution is -0.164. The molecule has 1 aliphatic carbocycles. The lowest BCUT2D eigenvalue weighted by Crippen LogP contribution is -2.34. The quantitative estimate of drug-likeness (QED) is 0.699. The standard InChI is InChI=1S/C16H28O4/c1-5-15(2,3)14(18)19-12-9-13(17)20-16(4)10-7-6-8-11-16/h5-12H2,1-4H3. The molecule has 0 aliphatic heterocycles. The summed E-state index contributed by atoms with van der Waals surface area (Å²) in [7, 11) is 0. The Kier molecular flexibility index (Phi) is 6.03. The van der Waals surface area contributed by atoms with E-state index in [1.54, 1.807) is 0 Å². The van der Waals surface area contributed by atoms with E-state index >= 15 is 0 Å². The van der Waals surface area contributed by atoms with Crippen LogP contribution in [0.1, 0.15) is 72.6 Å². The second-order valence-corrected chi connectivity index (χ2v) is 6.61. The molecule has 0 radical (unpaired) electrons. The van der Waals surface area contributed by atoms with E-state index in [9.17, 15) is 9.59 Å². The molecule has 0 aromatic rings. The minimum atomic E-state index is -0.487. The van der Waals surface area contributed by atoms with Crippen LogP contribution < -0.4 is 0 Å². The number of esters is 2. The van der Waals surface area contributed by atoms with Crippen molar-refractivity contribution in [3.8, 4) is 0 Å². The Morgan fingerprint density at radius 3 is 2.30 bits per heavy atom. The molecule has 0 aromatic carbocycles. The monoisotopic (exact) mass is 284 g/mol. The van der Waals surface area contributed by atoms with Crippen molar-refractivity contribution in [2.24, 2.45) is 5.41 Å². The van der Waals surface area contributed by atoms with Crippen LogP contribution >= 0.6 is 0 Å². The van der Waals surface area contributed by atoms with Gasteiger partial charge in [-0.05, 0) is 52.9 Å². The highest BCUT2D eigenvalue weighted by molar-refractivity contribution is 5.76. The number of carbonyl (C=O) groups excluding carboxylic acids is 2. The van der Waals surface area contributed by atoms with Gasteiger partial charge in [0.2, 0.25) is 0 Å². The van der Waals surface area contributed by atoms with Gasteiger partial charge >= 0.3 is 11.9 Å². The Labute approximate surface area is 122 Å². The minimum Gasteiger partial charge on any atom is -0.465 e. The molecule has 0 saturated heterocycles. The highest BCUT2D eigenvalue weighted by Gasteiger charge is 2.31. The van der Waals surface area contributed by atoms with Crippen molar-refractivity contribution in [3.05, 3.63) is 0 Å². The third-order valence-corrected chi connectivity index (χ3v) is 4.25. The van der Waals surface area contributed by atoms with Gasteiger partial charge in [-0.2, -0.15) is 0 Å².